The summed E-state index contributed by atoms with van der Waals surface area (Å²) in [6.07, 6.45) is 5.29. The number of fused-ring (bicyclic) bond motifs is 3. The van der Waals surface area contributed by atoms with Crippen LogP contribution in [0.5, 0.6) is 11.5 Å². The third kappa shape index (κ3) is 3.65. The van der Waals surface area contributed by atoms with Crippen LogP contribution in [-0.2, 0) is 4.74 Å². The molecule has 182 valence electrons. The van der Waals surface area contributed by atoms with Crippen molar-refractivity contribution >= 4 is 22.5 Å². The largest absolute Gasteiger partial charge is 0.497 e. The van der Waals surface area contributed by atoms with E-state index in [1.165, 1.54) is 12.8 Å². The Kier molecular flexibility index (Phi) is 5.42. The molecule has 1 amide bonds. The first-order valence-corrected chi connectivity index (χ1v) is 12.4. The fourth-order valence-electron chi connectivity index (χ4n) is 6.37. The second-order valence-corrected chi connectivity index (χ2v) is 9.90. The van der Waals surface area contributed by atoms with Gasteiger partial charge in [0.2, 0.25) is 0 Å². The lowest BCUT2D eigenvalue weighted by Gasteiger charge is -2.64. The highest BCUT2D eigenvalue weighted by atomic mass is 16.5. The van der Waals surface area contributed by atoms with E-state index in [4.69, 9.17) is 14.2 Å². The summed E-state index contributed by atoms with van der Waals surface area (Å²) < 4.78 is 17.6. The quantitative estimate of drug-likeness (QED) is 0.554. The number of carbonyl (C=O) groups excluding carboxylic acids is 1. The molecule has 1 N–H and O–H groups in total. The maximum Gasteiger partial charge on any atom is 0.255 e. The van der Waals surface area contributed by atoms with Crippen molar-refractivity contribution in [2.24, 2.45) is 5.92 Å². The number of amides is 1. The number of aromatic nitrogens is 1. The van der Waals surface area contributed by atoms with Gasteiger partial charge < -0.3 is 19.5 Å². The third-order valence-electron chi connectivity index (χ3n) is 8.24. The number of carbonyl (C=O) groups is 1. The number of methoxy groups -OCH3 is 2. The Morgan fingerprint density at radius 1 is 1.17 bits per heavy atom. The normalized spacial score (nSPS) is 28.8. The molecule has 7 nitrogen and oxygen atoms in total. The van der Waals surface area contributed by atoms with Crippen LogP contribution in [0.15, 0.2) is 48.7 Å². The minimum absolute atomic E-state index is 0.00768. The van der Waals surface area contributed by atoms with Gasteiger partial charge in [0.05, 0.1) is 31.4 Å². The lowest BCUT2D eigenvalue weighted by atomic mass is 9.66. The van der Waals surface area contributed by atoms with Crippen LogP contribution in [-0.4, -0.2) is 54.7 Å². The average Bonchev–Trinajstić information content (AvgIpc) is 2.91. The number of hydrogen-bond donors (Lipinski definition) is 1. The number of benzene rings is 2. The summed E-state index contributed by atoms with van der Waals surface area (Å²) in [5, 5.41) is 3.95. The molecule has 1 aromatic heterocycles. The van der Waals surface area contributed by atoms with Crippen molar-refractivity contribution in [2.45, 2.75) is 43.9 Å². The predicted octanol–water partition coefficient (Wildman–Crippen LogP) is 4.82. The van der Waals surface area contributed by atoms with Gasteiger partial charge in [0.1, 0.15) is 11.5 Å². The number of rotatable bonds is 6. The Labute approximate surface area is 205 Å². The first kappa shape index (κ1) is 22.3. The summed E-state index contributed by atoms with van der Waals surface area (Å²) >= 11 is 0. The first-order valence-electron chi connectivity index (χ1n) is 12.4. The van der Waals surface area contributed by atoms with E-state index in [9.17, 15) is 4.79 Å². The van der Waals surface area contributed by atoms with E-state index in [-0.39, 0.29) is 17.6 Å². The molecule has 8 rings (SSSR count). The molecule has 0 radical (unpaired) electrons. The lowest BCUT2D eigenvalue weighted by Crippen LogP contribution is -2.70. The van der Waals surface area contributed by atoms with Crippen LogP contribution < -0.4 is 14.8 Å². The standard InChI is InChI=1S/C28H31N3O4/c1-4-28-16-31-10-8-18(28)12-25(31)26(35-28)22-7-9-29-24-6-5-17(11-23(22)24)27(32)30-19-13-20(33-2)15-21(14-19)34-3/h5-7,9,11,13-15,18,25-26H,4,8,10,12,16H2,1-3H3,(H,30,32)/t18-,25+,26-,28-/m0/s1. The minimum Gasteiger partial charge on any atom is -0.497 e. The molecule has 3 aromatic rings. The van der Waals surface area contributed by atoms with Crippen molar-refractivity contribution in [2.75, 3.05) is 32.6 Å². The zero-order valence-electron chi connectivity index (χ0n) is 20.4. The summed E-state index contributed by atoms with van der Waals surface area (Å²) in [5.41, 5.74) is 3.12. The molecule has 4 bridgehead atoms. The van der Waals surface area contributed by atoms with Crippen LogP contribution in [0.25, 0.3) is 10.9 Å². The van der Waals surface area contributed by atoms with Crippen molar-refractivity contribution in [3.05, 3.63) is 59.8 Å². The summed E-state index contributed by atoms with van der Waals surface area (Å²) in [5.74, 6) is 1.68. The van der Waals surface area contributed by atoms with Crippen LogP contribution in [0.4, 0.5) is 5.69 Å². The van der Waals surface area contributed by atoms with Crippen LogP contribution >= 0.6 is 0 Å². The highest BCUT2D eigenvalue weighted by Gasteiger charge is 2.58. The van der Waals surface area contributed by atoms with E-state index in [1.54, 1.807) is 32.4 Å². The Morgan fingerprint density at radius 3 is 2.66 bits per heavy atom. The zero-order valence-corrected chi connectivity index (χ0v) is 20.4. The summed E-state index contributed by atoms with van der Waals surface area (Å²) in [6.45, 7) is 4.44. The summed E-state index contributed by atoms with van der Waals surface area (Å²) in [4.78, 5) is 20.4. The maximum absolute atomic E-state index is 13.2. The molecule has 5 fully saturated rings. The van der Waals surface area contributed by atoms with Crippen LogP contribution in [0, 0.1) is 5.92 Å². The van der Waals surface area contributed by atoms with Crippen molar-refractivity contribution in [3.8, 4) is 11.5 Å². The lowest BCUT2D eigenvalue weighted by molar-refractivity contribution is -0.274. The number of morpholine rings is 1. The van der Waals surface area contributed by atoms with Gasteiger partial charge in [-0.1, -0.05) is 6.92 Å². The van der Waals surface area contributed by atoms with Crippen molar-refractivity contribution < 1.29 is 19.0 Å². The molecule has 5 atom stereocenters. The predicted molar refractivity (Wildman–Crippen MR) is 134 cm³/mol. The molecule has 6 heterocycles. The smallest absolute Gasteiger partial charge is 0.255 e. The molecule has 0 aliphatic carbocycles. The van der Waals surface area contributed by atoms with Crippen LogP contribution in [0.2, 0.25) is 0 Å². The fourth-order valence-corrected chi connectivity index (χ4v) is 6.37. The topological polar surface area (TPSA) is 72.9 Å². The summed E-state index contributed by atoms with van der Waals surface area (Å²) in [7, 11) is 3.17. The van der Waals surface area contributed by atoms with E-state index in [0.29, 0.717) is 34.7 Å². The van der Waals surface area contributed by atoms with Gasteiger partial charge in [0, 0.05) is 53.6 Å². The van der Waals surface area contributed by atoms with Crippen LogP contribution in [0.3, 0.4) is 0 Å². The second-order valence-electron chi connectivity index (χ2n) is 9.90. The van der Waals surface area contributed by atoms with Gasteiger partial charge >= 0.3 is 0 Å². The molecule has 35 heavy (non-hydrogen) atoms. The Hall–Kier alpha value is -3.16. The number of ether oxygens (including phenoxy) is 3. The maximum atomic E-state index is 13.2. The second kappa shape index (κ2) is 8.50. The number of nitrogens with one attached hydrogen (secondary N) is 1. The SMILES string of the molecule is CC[C@]12CN3CC[C@H]1C[C@@H]3[C@H](c1ccnc3ccc(C(=O)Nc4cc(OC)cc(OC)c4)cc13)O2. The van der Waals surface area contributed by atoms with E-state index < -0.39 is 0 Å². The van der Waals surface area contributed by atoms with Gasteiger partial charge in [-0.2, -0.15) is 0 Å². The van der Waals surface area contributed by atoms with Gasteiger partial charge in [-0.3, -0.25) is 14.7 Å². The molecular weight excluding hydrogens is 442 g/mol. The van der Waals surface area contributed by atoms with Gasteiger partial charge in [-0.05, 0) is 61.6 Å². The van der Waals surface area contributed by atoms with Gasteiger partial charge in [-0.15, -0.1) is 0 Å². The zero-order chi connectivity index (χ0) is 24.2. The number of anilines is 1. The first-order chi connectivity index (χ1) is 17.0. The molecule has 5 aliphatic heterocycles. The van der Waals surface area contributed by atoms with E-state index >= 15 is 0 Å². The molecule has 2 aromatic carbocycles. The van der Waals surface area contributed by atoms with Gasteiger partial charge in [-0.25, -0.2) is 0 Å². The van der Waals surface area contributed by atoms with Gasteiger partial charge in [0.25, 0.3) is 5.91 Å². The highest BCUT2D eigenvalue weighted by molar-refractivity contribution is 6.06. The Morgan fingerprint density at radius 2 is 1.97 bits per heavy atom. The number of pyridine rings is 1. The molecular formula is C28H31N3O4. The van der Waals surface area contributed by atoms with Crippen molar-refractivity contribution in [1.82, 2.24) is 9.88 Å². The van der Waals surface area contributed by atoms with E-state index in [2.05, 4.69) is 28.2 Å². The Balaban J connectivity index is 1.34. The molecule has 1 unspecified atom stereocenters. The molecule has 5 aliphatic rings. The summed E-state index contributed by atoms with van der Waals surface area (Å²) in [6, 6.07) is 13.5. The number of piperidine rings is 3. The number of hydrogen-bond acceptors (Lipinski definition) is 6. The van der Waals surface area contributed by atoms with Crippen LogP contribution in [0.1, 0.15) is 48.2 Å². The fraction of sp³-hybridized carbons (Fsp3) is 0.429. The molecule has 7 heteroatoms. The average molecular weight is 474 g/mol. The minimum atomic E-state index is -0.198. The van der Waals surface area contributed by atoms with E-state index in [1.807, 2.05) is 24.4 Å². The molecule has 0 spiro atoms. The third-order valence-corrected chi connectivity index (χ3v) is 8.24. The van der Waals surface area contributed by atoms with Crippen molar-refractivity contribution in [1.29, 1.82) is 0 Å². The Bertz CT molecular complexity index is 1270. The molecule has 5 saturated heterocycles. The van der Waals surface area contributed by atoms with Crippen molar-refractivity contribution in [3.63, 3.8) is 0 Å². The number of nitrogens with zero attached hydrogens (tertiary/aromatic N) is 2. The van der Waals surface area contributed by atoms with Gasteiger partial charge in [0.15, 0.2) is 0 Å². The molecule has 0 saturated carbocycles. The monoisotopic (exact) mass is 473 g/mol. The van der Waals surface area contributed by atoms with E-state index in [0.717, 1.165) is 36.0 Å². The highest BCUT2D eigenvalue weighted by Crippen LogP contribution is 2.54.